The number of carbonyl (C=O) groups excluding carboxylic acids is 1. The van der Waals surface area contributed by atoms with Crippen molar-refractivity contribution in [3.63, 3.8) is 0 Å². The summed E-state index contributed by atoms with van der Waals surface area (Å²) in [4.78, 5) is 16.0. The van der Waals surface area contributed by atoms with E-state index in [1.807, 2.05) is 49.4 Å². The first kappa shape index (κ1) is 14.1. The minimum atomic E-state index is -0.473. The third-order valence-electron chi connectivity index (χ3n) is 2.90. The van der Waals surface area contributed by atoms with Gasteiger partial charge in [-0.05, 0) is 36.2 Å². The van der Waals surface area contributed by atoms with Crippen LogP contribution in [-0.2, 0) is 11.3 Å². The van der Waals surface area contributed by atoms with Crippen molar-refractivity contribution in [3.05, 3.63) is 60.4 Å². The van der Waals surface area contributed by atoms with Gasteiger partial charge in [0.1, 0.15) is 5.75 Å². The second-order valence-electron chi connectivity index (χ2n) is 4.40. The van der Waals surface area contributed by atoms with Gasteiger partial charge in [-0.25, -0.2) is 0 Å². The van der Waals surface area contributed by atoms with Gasteiger partial charge < -0.3 is 10.1 Å². The average molecular weight is 270 g/mol. The molecule has 4 nitrogen and oxygen atoms in total. The number of nitrogens with zero attached hydrogens (tertiary/aromatic N) is 1. The summed E-state index contributed by atoms with van der Waals surface area (Å²) in [7, 11) is 0. The Balaban J connectivity index is 1.89. The number of pyridine rings is 1. The highest BCUT2D eigenvalue weighted by Gasteiger charge is 2.17. The predicted octanol–water partition coefficient (Wildman–Crippen LogP) is 2.56. The number of nitrogens with one attached hydrogen (secondary N) is 1. The molecule has 1 aromatic heterocycles. The first-order chi connectivity index (χ1) is 9.79. The fourth-order valence-electron chi connectivity index (χ4n) is 1.79. The Labute approximate surface area is 118 Å². The van der Waals surface area contributed by atoms with Crippen molar-refractivity contribution in [1.82, 2.24) is 10.3 Å². The second-order valence-corrected chi connectivity index (χ2v) is 4.40. The van der Waals surface area contributed by atoms with Crippen LogP contribution in [0.5, 0.6) is 5.75 Å². The van der Waals surface area contributed by atoms with Crippen LogP contribution in [0.15, 0.2) is 54.9 Å². The maximum Gasteiger partial charge on any atom is 0.261 e. The normalized spacial score (nSPS) is 11.7. The molecule has 1 amide bonds. The van der Waals surface area contributed by atoms with Crippen LogP contribution in [0.1, 0.15) is 18.9 Å². The summed E-state index contributed by atoms with van der Waals surface area (Å²) < 4.78 is 5.69. The molecule has 0 spiro atoms. The van der Waals surface area contributed by atoms with Gasteiger partial charge in [-0.3, -0.25) is 9.78 Å². The quantitative estimate of drug-likeness (QED) is 0.877. The van der Waals surface area contributed by atoms with E-state index in [4.69, 9.17) is 4.74 Å². The minimum Gasteiger partial charge on any atom is -0.481 e. The summed E-state index contributed by atoms with van der Waals surface area (Å²) in [6.45, 7) is 2.41. The van der Waals surface area contributed by atoms with Crippen LogP contribution in [0, 0.1) is 0 Å². The van der Waals surface area contributed by atoms with Crippen LogP contribution in [-0.4, -0.2) is 17.0 Å². The number of ether oxygens (including phenoxy) is 1. The molecule has 0 bridgehead atoms. The summed E-state index contributed by atoms with van der Waals surface area (Å²) >= 11 is 0. The Morgan fingerprint density at radius 2 is 1.90 bits per heavy atom. The van der Waals surface area contributed by atoms with Gasteiger partial charge in [0.15, 0.2) is 6.10 Å². The van der Waals surface area contributed by atoms with Crippen LogP contribution in [0.25, 0.3) is 0 Å². The fourth-order valence-corrected chi connectivity index (χ4v) is 1.79. The Bertz CT molecular complexity index is 529. The zero-order chi connectivity index (χ0) is 14.2. The molecule has 0 saturated heterocycles. The number of hydrogen-bond donors (Lipinski definition) is 1. The molecule has 4 heteroatoms. The standard InChI is InChI=1S/C16H18N2O2/c1-2-15(20-14-6-4-3-5-7-14)16(19)18-12-13-8-10-17-11-9-13/h3-11,15H,2,12H2,1H3,(H,18,19). The largest absolute Gasteiger partial charge is 0.481 e. The molecular formula is C16H18N2O2. The van der Waals surface area contributed by atoms with Gasteiger partial charge in [-0.1, -0.05) is 25.1 Å². The van der Waals surface area contributed by atoms with Crippen molar-refractivity contribution >= 4 is 5.91 Å². The molecular weight excluding hydrogens is 252 g/mol. The first-order valence-corrected chi connectivity index (χ1v) is 6.68. The van der Waals surface area contributed by atoms with E-state index < -0.39 is 6.10 Å². The maximum atomic E-state index is 12.1. The van der Waals surface area contributed by atoms with Gasteiger partial charge in [0.25, 0.3) is 5.91 Å². The Morgan fingerprint density at radius 3 is 2.55 bits per heavy atom. The number of benzene rings is 1. The lowest BCUT2D eigenvalue weighted by molar-refractivity contribution is -0.128. The van der Waals surface area contributed by atoms with Crippen LogP contribution in [0.4, 0.5) is 0 Å². The minimum absolute atomic E-state index is 0.104. The molecule has 1 aromatic carbocycles. The molecule has 1 heterocycles. The van der Waals surface area contributed by atoms with Crippen molar-refractivity contribution in [2.45, 2.75) is 26.0 Å². The summed E-state index contributed by atoms with van der Waals surface area (Å²) in [6.07, 6.45) is 3.56. The number of rotatable bonds is 6. The average Bonchev–Trinajstić information content (AvgIpc) is 2.52. The van der Waals surface area contributed by atoms with E-state index in [1.165, 1.54) is 0 Å². The van der Waals surface area contributed by atoms with Gasteiger partial charge in [0.05, 0.1) is 0 Å². The molecule has 0 fully saturated rings. The lowest BCUT2D eigenvalue weighted by Gasteiger charge is -2.17. The first-order valence-electron chi connectivity index (χ1n) is 6.68. The monoisotopic (exact) mass is 270 g/mol. The van der Waals surface area contributed by atoms with Crippen LogP contribution in [0.2, 0.25) is 0 Å². The maximum absolute atomic E-state index is 12.1. The molecule has 20 heavy (non-hydrogen) atoms. The number of carbonyl (C=O) groups is 1. The van der Waals surface area contributed by atoms with Gasteiger partial charge in [-0.15, -0.1) is 0 Å². The molecule has 1 N–H and O–H groups in total. The second kappa shape index (κ2) is 7.28. The molecule has 0 aliphatic rings. The number of hydrogen-bond acceptors (Lipinski definition) is 3. The summed E-state index contributed by atoms with van der Waals surface area (Å²) in [5.41, 5.74) is 1.02. The number of amides is 1. The van der Waals surface area contributed by atoms with E-state index in [0.29, 0.717) is 18.7 Å². The highest BCUT2D eigenvalue weighted by atomic mass is 16.5. The zero-order valence-electron chi connectivity index (χ0n) is 11.5. The molecule has 104 valence electrons. The number of aromatic nitrogens is 1. The summed E-state index contributed by atoms with van der Waals surface area (Å²) in [6, 6.07) is 13.1. The van der Waals surface area contributed by atoms with Gasteiger partial charge in [0, 0.05) is 18.9 Å². The van der Waals surface area contributed by atoms with Crippen molar-refractivity contribution < 1.29 is 9.53 Å². The lowest BCUT2D eigenvalue weighted by atomic mass is 10.2. The highest BCUT2D eigenvalue weighted by Crippen LogP contribution is 2.12. The van der Waals surface area contributed by atoms with Crippen molar-refractivity contribution in [2.24, 2.45) is 0 Å². The molecule has 0 aliphatic heterocycles. The van der Waals surface area contributed by atoms with Gasteiger partial charge in [0.2, 0.25) is 0 Å². The molecule has 2 aromatic rings. The fraction of sp³-hybridized carbons (Fsp3) is 0.250. The Morgan fingerprint density at radius 1 is 1.20 bits per heavy atom. The zero-order valence-corrected chi connectivity index (χ0v) is 11.5. The lowest BCUT2D eigenvalue weighted by Crippen LogP contribution is -2.37. The Hall–Kier alpha value is -2.36. The third kappa shape index (κ3) is 4.09. The molecule has 2 rings (SSSR count). The highest BCUT2D eigenvalue weighted by molar-refractivity contribution is 5.81. The molecule has 0 radical (unpaired) electrons. The van der Waals surface area contributed by atoms with E-state index in [-0.39, 0.29) is 5.91 Å². The summed E-state index contributed by atoms with van der Waals surface area (Å²) in [5.74, 6) is 0.603. The number of para-hydroxylation sites is 1. The van der Waals surface area contributed by atoms with Crippen molar-refractivity contribution in [1.29, 1.82) is 0 Å². The van der Waals surface area contributed by atoms with E-state index >= 15 is 0 Å². The van der Waals surface area contributed by atoms with Gasteiger partial charge in [-0.2, -0.15) is 0 Å². The summed E-state index contributed by atoms with van der Waals surface area (Å²) in [5, 5.41) is 2.88. The van der Waals surface area contributed by atoms with Gasteiger partial charge >= 0.3 is 0 Å². The van der Waals surface area contributed by atoms with E-state index in [2.05, 4.69) is 10.3 Å². The van der Waals surface area contributed by atoms with Crippen LogP contribution in [0.3, 0.4) is 0 Å². The van der Waals surface area contributed by atoms with Crippen LogP contribution >= 0.6 is 0 Å². The van der Waals surface area contributed by atoms with E-state index in [9.17, 15) is 4.79 Å². The SMILES string of the molecule is CCC(Oc1ccccc1)C(=O)NCc1ccncc1. The Kier molecular flexibility index (Phi) is 5.12. The van der Waals surface area contributed by atoms with E-state index in [1.54, 1.807) is 12.4 Å². The predicted molar refractivity (Wildman–Crippen MR) is 77.2 cm³/mol. The smallest absolute Gasteiger partial charge is 0.261 e. The molecule has 1 atom stereocenters. The molecule has 0 aliphatic carbocycles. The topological polar surface area (TPSA) is 51.2 Å². The van der Waals surface area contributed by atoms with Crippen molar-refractivity contribution in [3.8, 4) is 5.75 Å². The van der Waals surface area contributed by atoms with Crippen molar-refractivity contribution in [2.75, 3.05) is 0 Å². The third-order valence-corrected chi connectivity index (χ3v) is 2.90. The van der Waals surface area contributed by atoms with Crippen LogP contribution < -0.4 is 10.1 Å². The van der Waals surface area contributed by atoms with E-state index in [0.717, 1.165) is 5.56 Å². The molecule has 1 unspecified atom stereocenters. The molecule has 0 saturated carbocycles.